The molecule has 5 aliphatic rings. The van der Waals surface area contributed by atoms with E-state index in [4.69, 9.17) is 0 Å². The second kappa shape index (κ2) is 14.3. The molecule has 9 aromatic carbocycles. The molecule has 14 rings (SSSR count). The molecule has 1 spiro atoms. The van der Waals surface area contributed by atoms with Gasteiger partial charge in [-0.2, -0.15) is 0 Å². The Morgan fingerprint density at radius 3 is 1.42 bits per heavy atom. The molecular weight excluding hydrogens is 797 g/mol. The predicted molar refractivity (Wildman–Crippen MR) is 280 cm³/mol. The smallest absolute Gasteiger partial charge is 0.0543 e. The van der Waals surface area contributed by atoms with Crippen molar-refractivity contribution in [2.75, 3.05) is 9.80 Å². The maximum Gasteiger partial charge on any atom is 0.0543 e. The first-order valence-electron chi connectivity index (χ1n) is 24.8. The van der Waals surface area contributed by atoms with Crippen LogP contribution < -0.4 is 9.80 Å². The summed E-state index contributed by atoms with van der Waals surface area (Å²) in [7, 11) is 0. The fraction of sp³-hybridized carbons (Fsp3) is 0.281. The lowest BCUT2D eigenvalue weighted by Crippen LogP contribution is -2.55. The molecule has 326 valence electrons. The van der Waals surface area contributed by atoms with Crippen molar-refractivity contribution >= 4 is 66.4 Å². The third-order valence-electron chi connectivity index (χ3n) is 16.9. The van der Waals surface area contributed by atoms with Gasteiger partial charge in [0.25, 0.3) is 0 Å². The van der Waals surface area contributed by atoms with Gasteiger partial charge in [0.05, 0.1) is 17.1 Å². The summed E-state index contributed by atoms with van der Waals surface area (Å²) >= 11 is 0. The van der Waals surface area contributed by atoms with Crippen LogP contribution in [-0.2, 0) is 16.2 Å². The number of rotatable bonds is 6. The van der Waals surface area contributed by atoms with E-state index in [1.54, 1.807) is 11.1 Å². The highest BCUT2D eigenvalue weighted by Crippen LogP contribution is 2.70. The molecule has 66 heavy (non-hydrogen) atoms. The normalized spacial score (nSPS) is 21.8. The minimum atomic E-state index is 0.0507. The Morgan fingerprint density at radius 2 is 0.864 bits per heavy atom. The zero-order chi connectivity index (χ0) is 44.7. The van der Waals surface area contributed by atoms with Gasteiger partial charge in [0.2, 0.25) is 0 Å². The van der Waals surface area contributed by atoms with Gasteiger partial charge >= 0.3 is 0 Å². The number of anilines is 6. The Morgan fingerprint density at radius 1 is 0.394 bits per heavy atom. The van der Waals surface area contributed by atoms with Crippen LogP contribution in [0.2, 0.25) is 0 Å². The lowest BCUT2D eigenvalue weighted by atomic mass is 9.43. The molecule has 0 amide bonds. The van der Waals surface area contributed by atoms with Crippen LogP contribution in [0.1, 0.15) is 95.9 Å². The van der Waals surface area contributed by atoms with Gasteiger partial charge in [-0.05, 0) is 171 Å². The summed E-state index contributed by atoms with van der Waals surface area (Å²) in [6.07, 6.45) is 6.97. The van der Waals surface area contributed by atoms with Gasteiger partial charge in [-0.15, -0.1) is 0 Å². The summed E-state index contributed by atoms with van der Waals surface area (Å²) in [4.78, 5) is 5.09. The number of hydrogen-bond donors (Lipinski definition) is 0. The molecule has 9 aromatic rings. The second-order valence-corrected chi connectivity index (χ2v) is 22.6. The molecule has 5 aliphatic carbocycles. The third-order valence-corrected chi connectivity index (χ3v) is 16.9. The SMILES string of the molecule is CC(C)(C)c1ccc(N(c2ccccc2)c2ccc3ccc4c(N(c5ccc(C(C)(C)C)cc5)c5cccc6c5-c5ccccc5C65C6CC7CC(C6)CC5C7)ccc5ccc2c3c54)cc1. The van der Waals surface area contributed by atoms with E-state index in [1.807, 2.05) is 0 Å². The summed E-state index contributed by atoms with van der Waals surface area (Å²) in [5, 5.41) is 7.70. The van der Waals surface area contributed by atoms with Gasteiger partial charge in [-0.1, -0.05) is 157 Å². The summed E-state index contributed by atoms with van der Waals surface area (Å²) in [5.74, 6) is 3.23. The van der Waals surface area contributed by atoms with E-state index in [1.165, 1.54) is 109 Å². The Balaban J connectivity index is 1.05. The van der Waals surface area contributed by atoms with E-state index >= 15 is 0 Å². The van der Waals surface area contributed by atoms with Gasteiger partial charge in [-0.25, -0.2) is 0 Å². The summed E-state index contributed by atoms with van der Waals surface area (Å²) in [6, 6.07) is 65.6. The molecule has 0 heterocycles. The lowest BCUT2D eigenvalue weighted by Gasteiger charge is -2.61. The van der Waals surface area contributed by atoms with Crippen molar-refractivity contribution in [2.45, 2.75) is 89.9 Å². The van der Waals surface area contributed by atoms with Crippen LogP contribution in [-0.4, -0.2) is 0 Å². The first-order chi connectivity index (χ1) is 32.0. The highest BCUT2D eigenvalue weighted by Gasteiger charge is 2.62. The molecule has 4 bridgehead atoms. The average Bonchev–Trinajstić information content (AvgIpc) is 3.62. The fourth-order valence-electron chi connectivity index (χ4n) is 14.2. The summed E-state index contributed by atoms with van der Waals surface area (Å²) < 4.78 is 0. The van der Waals surface area contributed by atoms with Crippen LogP contribution >= 0.6 is 0 Å². The molecular formula is C64H60N2. The van der Waals surface area contributed by atoms with Crippen molar-refractivity contribution in [3.8, 4) is 11.1 Å². The van der Waals surface area contributed by atoms with Crippen molar-refractivity contribution in [1.29, 1.82) is 0 Å². The highest BCUT2D eigenvalue weighted by molar-refractivity contribution is 6.28. The van der Waals surface area contributed by atoms with Gasteiger partial charge < -0.3 is 9.80 Å². The third kappa shape index (κ3) is 5.79. The van der Waals surface area contributed by atoms with Crippen LogP contribution in [0.15, 0.2) is 170 Å². The number of hydrogen-bond acceptors (Lipinski definition) is 2. The Bertz CT molecular complexity index is 3300. The quantitative estimate of drug-likeness (QED) is 0.154. The minimum Gasteiger partial charge on any atom is -0.310 e. The molecule has 0 atom stereocenters. The topological polar surface area (TPSA) is 6.48 Å². The van der Waals surface area contributed by atoms with E-state index in [2.05, 4.69) is 221 Å². The molecule has 0 N–H and O–H groups in total. The molecule has 0 saturated heterocycles. The average molecular weight is 857 g/mol. The molecule has 0 aromatic heterocycles. The first-order valence-corrected chi connectivity index (χ1v) is 24.8. The van der Waals surface area contributed by atoms with Crippen LogP contribution in [0.4, 0.5) is 34.1 Å². The lowest BCUT2D eigenvalue weighted by molar-refractivity contribution is -0.0399. The van der Waals surface area contributed by atoms with E-state index in [-0.39, 0.29) is 16.2 Å². The largest absolute Gasteiger partial charge is 0.310 e. The van der Waals surface area contributed by atoms with Gasteiger partial charge in [0.1, 0.15) is 0 Å². The number of nitrogens with zero attached hydrogens (tertiary/aromatic N) is 2. The van der Waals surface area contributed by atoms with Crippen molar-refractivity contribution in [1.82, 2.24) is 0 Å². The maximum atomic E-state index is 2.64. The number of benzene rings is 9. The summed E-state index contributed by atoms with van der Waals surface area (Å²) in [5.41, 5.74) is 16.2. The Labute approximate surface area is 391 Å². The van der Waals surface area contributed by atoms with Crippen LogP contribution in [0.5, 0.6) is 0 Å². The van der Waals surface area contributed by atoms with Crippen molar-refractivity contribution < 1.29 is 0 Å². The van der Waals surface area contributed by atoms with Crippen molar-refractivity contribution in [2.24, 2.45) is 23.7 Å². The second-order valence-electron chi connectivity index (χ2n) is 22.6. The molecule has 2 heteroatoms. The fourth-order valence-corrected chi connectivity index (χ4v) is 14.2. The summed E-state index contributed by atoms with van der Waals surface area (Å²) in [6.45, 7) is 13.8. The monoisotopic (exact) mass is 856 g/mol. The standard InChI is InChI=1S/C64H60N2/c1-62(2,3)44-23-27-49(28-24-44)65(48-13-8-7-9-14-48)56-33-21-42-20-32-53-57(34-22-43-19-31-52(56)59(42)60(43)53)66(50-29-25-45(26-30-50)63(4,5)6)58-18-12-17-55-61(58)51-15-10-11-16-54(51)64(55)46-36-40-35-41(38-46)39-47(64)37-40/h7-34,40-41,46-47H,35-39H2,1-6H3. The van der Waals surface area contributed by atoms with Crippen molar-refractivity contribution in [3.05, 3.63) is 192 Å². The molecule has 0 radical (unpaired) electrons. The van der Waals surface area contributed by atoms with E-state index in [9.17, 15) is 0 Å². The molecule has 4 fully saturated rings. The molecule has 2 nitrogen and oxygen atoms in total. The van der Waals surface area contributed by atoms with E-state index < -0.39 is 0 Å². The van der Waals surface area contributed by atoms with E-state index in [0.717, 1.165) is 23.2 Å². The molecule has 0 aliphatic heterocycles. The zero-order valence-electron chi connectivity index (χ0n) is 39.4. The van der Waals surface area contributed by atoms with Crippen LogP contribution in [0, 0.1) is 23.7 Å². The van der Waals surface area contributed by atoms with Gasteiger partial charge in [0.15, 0.2) is 0 Å². The predicted octanol–water partition coefficient (Wildman–Crippen LogP) is 17.8. The van der Waals surface area contributed by atoms with Gasteiger partial charge in [0, 0.05) is 38.8 Å². The number of fused-ring (bicyclic) bond motifs is 3. The Hall–Kier alpha value is -6.38. The minimum absolute atomic E-state index is 0.0507. The van der Waals surface area contributed by atoms with E-state index in [0.29, 0.717) is 11.8 Å². The zero-order valence-corrected chi connectivity index (χ0v) is 39.4. The maximum absolute atomic E-state index is 2.64. The molecule has 0 unspecified atom stereocenters. The Kier molecular flexibility index (Phi) is 8.66. The first kappa shape index (κ1) is 39.9. The van der Waals surface area contributed by atoms with Crippen LogP contribution in [0.25, 0.3) is 43.4 Å². The van der Waals surface area contributed by atoms with Crippen molar-refractivity contribution in [3.63, 3.8) is 0 Å². The van der Waals surface area contributed by atoms with Gasteiger partial charge in [-0.3, -0.25) is 0 Å². The number of para-hydroxylation sites is 1. The molecule has 4 saturated carbocycles. The highest BCUT2D eigenvalue weighted by atomic mass is 15.2. The van der Waals surface area contributed by atoms with Crippen LogP contribution in [0.3, 0.4) is 0 Å².